The molecule has 2 atom stereocenters. The molecule has 0 radical (unpaired) electrons. The Morgan fingerprint density at radius 1 is 1.35 bits per heavy atom. The predicted molar refractivity (Wildman–Crippen MR) is 75.2 cm³/mol. The molecule has 2 N–H and O–H groups in total. The Hall–Kier alpha value is -1.14. The van der Waals surface area contributed by atoms with Crippen LogP contribution in [0.3, 0.4) is 0 Å². The van der Waals surface area contributed by atoms with Crippen LogP contribution in [0.15, 0.2) is 0 Å². The summed E-state index contributed by atoms with van der Waals surface area (Å²) in [5, 5.41) is 6.23. The summed E-state index contributed by atoms with van der Waals surface area (Å²) in [4.78, 5) is 25.7. The number of nitrogens with zero attached hydrogens (tertiary/aromatic N) is 1. The molecular formula is C14H25N3O3. The second-order valence-corrected chi connectivity index (χ2v) is 5.61. The van der Waals surface area contributed by atoms with Crippen molar-refractivity contribution < 1.29 is 14.3 Å². The molecule has 2 rings (SSSR count). The number of rotatable bonds is 4. The van der Waals surface area contributed by atoms with Crippen LogP contribution in [-0.2, 0) is 14.3 Å². The fourth-order valence-electron chi connectivity index (χ4n) is 2.78. The number of amides is 2. The number of carbonyl (C=O) groups is 2. The number of carbonyl (C=O) groups excluding carboxylic acids is 2. The van der Waals surface area contributed by atoms with Crippen LogP contribution in [0.25, 0.3) is 0 Å². The summed E-state index contributed by atoms with van der Waals surface area (Å²) in [5.41, 5.74) is 0. The Bertz CT molecular complexity index is 343. The maximum absolute atomic E-state index is 12.0. The number of ether oxygens (including phenoxy) is 1. The summed E-state index contributed by atoms with van der Waals surface area (Å²) < 4.78 is 5.21. The number of piperidine rings is 1. The molecular weight excluding hydrogens is 258 g/mol. The normalized spacial score (nSPS) is 27.1. The van der Waals surface area contributed by atoms with Crippen LogP contribution in [0.4, 0.5) is 0 Å². The Balaban J connectivity index is 1.64. The molecule has 20 heavy (non-hydrogen) atoms. The highest BCUT2D eigenvalue weighted by Gasteiger charge is 2.24. The van der Waals surface area contributed by atoms with Gasteiger partial charge in [0.2, 0.25) is 11.8 Å². The predicted octanol–water partition coefficient (Wildman–Crippen LogP) is -0.260. The van der Waals surface area contributed by atoms with Crippen LogP contribution in [-0.4, -0.2) is 62.1 Å². The molecule has 2 aliphatic rings. The lowest BCUT2D eigenvalue weighted by Gasteiger charge is -2.28. The number of nitrogens with one attached hydrogen (secondary N) is 2. The van der Waals surface area contributed by atoms with E-state index in [0.29, 0.717) is 45.3 Å². The van der Waals surface area contributed by atoms with Crippen molar-refractivity contribution in [1.82, 2.24) is 15.5 Å². The lowest BCUT2D eigenvalue weighted by Crippen LogP contribution is -2.44. The molecule has 2 fully saturated rings. The quantitative estimate of drug-likeness (QED) is 0.746. The van der Waals surface area contributed by atoms with Gasteiger partial charge in [-0.05, 0) is 26.3 Å². The van der Waals surface area contributed by atoms with Crippen molar-refractivity contribution in [3.63, 3.8) is 0 Å². The molecule has 2 amide bonds. The first-order valence-electron chi connectivity index (χ1n) is 7.53. The van der Waals surface area contributed by atoms with Crippen LogP contribution >= 0.6 is 0 Å². The van der Waals surface area contributed by atoms with E-state index in [1.807, 2.05) is 4.90 Å². The van der Waals surface area contributed by atoms with Crippen LogP contribution in [0, 0.1) is 5.92 Å². The molecule has 2 heterocycles. The van der Waals surface area contributed by atoms with Gasteiger partial charge in [-0.25, -0.2) is 0 Å². The number of hydrogen-bond acceptors (Lipinski definition) is 4. The first kappa shape index (κ1) is 15.3. The van der Waals surface area contributed by atoms with Gasteiger partial charge in [0.25, 0.3) is 0 Å². The minimum absolute atomic E-state index is 0.0877. The van der Waals surface area contributed by atoms with Gasteiger partial charge in [-0.15, -0.1) is 0 Å². The summed E-state index contributed by atoms with van der Waals surface area (Å²) in [6.07, 6.45) is 2.14. The molecule has 2 saturated heterocycles. The van der Waals surface area contributed by atoms with E-state index in [4.69, 9.17) is 4.74 Å². The Kier molecular flexibility index (Phi) is 5.79. The third kappa shape index (κ3) is 4.45. The first-order valence-corrected chi connectivity index (χ1v) is 7.53. The molecule has 6 heteroatoms. The second kappa shape index (κ2) is 7.59. The topological polar surface area (TPSA) is 70.7 Å². The molecule has 0 aromatic heterocycles. The third-order valence-electron chi connectivity index (χ3n) is 4.00. The Morgan fingerprint density at radius 3 is 2.80 bits per heavy atom. The summed E-state index contributed by atoms with van der Waals surface area (Å²) in [6, 6.07) is 0.398. The average molecular weight is 283 g/mol. The van der Waals surface area contributed by atoms with Crippen molar-refractivity contribution in [2.75, 3.05) is 39.4 Å². The maximum Gasteiger partial charge on any atom is 0.224 e. The van der Waals surface area contributed by atoms with Crippen LogP contribution in [0.1, 0.15) is 26.2 Å². The molecule has 0 spiro atoms. The highest BCUT2D eigenvalue weighted by molar-refractivity contribution is 5.80. The van der Waals surface area contributed by atoms with E-state index < -0.39 is 0 Å². The zero-order chi connectivity index (χ0) is 14.4. The minimum atomic E-state index is 0.0877. The zero-order valence-corrected chi connectivity index (χ0v) is 12.2. The third-order valence-corrected chi connectivity index (χ3v) is 4.00. The zero-order valence-electron chi connectivity index (χ0n) is 12.2. The smallest absolute Gasteiger partial charge is 0.224 e. The number of hydrogen-bond donors (Lipinski definition) is 2. The van der Waals surface area contributed by atoms with Crippen molar-refractivity contribution >= 4 is 11.8 Å². The van der Waals surface area contributed by atoms with Gasteiger partial charge >= 0.3 is 0 Å². The summed E-state index contributed by atoms with van der Waals surface area (Å²) in [6.45, 7) is 5.99. The van der Waals surface area contributed by atoms with Gasteiger partial charge in [-0.3, -0.25) is 9.59 Å². The van der Waals surface area contributed by atoms with Crippen molar-refractivity contribution in [2.24, 2.45) is 5.92 Å². The van der Waals surface area contributed by atoms with E-state index in [9.17, 15) is 9.59 Å². The largest absolute Gasteiger partial charge is 0.378 e. The molecule has 0 saturated carbocycles. The minimum Gasteiger partial charge on any atom is -0.378 e. The second-order valence-electron chi connectivity index (χ2n) is 5.61. The number of morpholine rings is 1. The maximum atomic E-state index is 12.0. The van der Waals surface area contributed by atoms with E-state index >= 15 is 0 Å². The van der Waals surface area contributed by atoms with E-state index in [-0.39, 0.29) is 17.7 Å². The fraction of sp³-hybridized carbons (Fsp3) is 0.857. The van der Waals surface area contributed by atoms with Crippen molar-refractivity contribution in [3.8, 4) is 0 Å². The van der Waals surface area contributed by atoms with E-state index in [2.05, 4.69) is 17.6 Å². The van der Waals surface area contributed by atoms with Crippen molar-refractivity contribution in [3.05, 3.63) is 0 Å². The van der Waals surface area contributed by atoms with Crippen LogP contribution in [0.2, 0.25) is 0 Å². The SMILES string of the molecule is CC1CC(C(=O)NCCC(=O)N2CCOCC2)CCN1. The molecule has 6 nitrogen and oxygen atoms in total. The van der Waals surface area contributed by atoms with E-state index in [0.717, 1.165) is 19.4 Å². The summed E-state index contributed by atoms with van der Waals surface area (Å²) >= 11 is 0. The average Bonchev–Trinajstić information content (AvgIpc) is 2.48. The molecule has 2 unspecified atom stereocenters. The summed E-state index contributed by atoms with van der Waals surface area (Å²) in [5.74, 6) is 0.283. The van der Waals surface area contributed by atoms with Gasteiger partial charge in [0, 0.05) is 38.0 Å². The molecule has 0 aliphatic carbocycles. The van der Waals surface area contributed by atoms with Gasteiger partial charge in [-0.1, -0.05) is 0 Å². The van der Waals surface area contributed by atoms with Gasteiger partial charge in [-0.2, -0.15) is 0 Å². The highest BCUT2D eigenvalue weighted by Crippen LogP contribution is 2.15. The van der Waals surface area contributed by atoms with E-state index in [1.165, 1.54) is 0 Å². The van der Waals surface area contributed by atoms with E-state index in [1.54, 1.807) is 0 Å². The highest BCUT2D eigenvalue weighted by atomic mass is 16.5. The Labute approximate surface area is 120 Å². The lowest BCUT2D eigenvalue weighted by atomic mass is 9.92. The van der Waals surface area contributed by atoms with Crippen LogP contribution < -0.4 is 10.6 Å². The molecule has 0 aromatic carbocycles. The summed E-state index contributed by atoms with van der Waals surface area (Å²) in [7, 11) is 0. The molecule has 2 aliphatic heterocycles. The fourth-order valence-corrected chi connectivity index (χ4v) is 2.78. The van der Waals surface area contributed by atoms with Gasteiger partial charge in [0.1, 0.15) is 0 Å². The standard InChI is InChI=1S/C14H25N3O3/c1-11-10-12(2-4-15-11)14(19)16-5-3-13(18)17-6-8-20-9-7-17/h11-12,15H,2-10H2,1H3,(H,16,19). The van der Waals surface area contributed by atoms with Gasteiger partial charge < -0.3 is 20.3 Å². The van der Waals surface area contributed by atoms with Crippen molar-refractivity contribution in [2.45, 2.75) is 32.2 Å². The van der Waals surface area contributed by atoms with Gasteiger partial charge in [0.15, 0.2) is 0 Å². The lowest BCUT2D eigenvalue weighted by molar-refractivity contribution is -0.135. The van der Waals surface area contributed by atoms with Gasteiger partial charge in [0.05, 0.1) is 13.2 Å². The molecule has 0 bridgehead atoms. The van der Waals surface area contributed by atoms with Crippen LogP contribution in [0.5, 0.6) is 0 Å². The molecule has 114 valence electrons. The Morgan fingerprint density at radius 2 is 2.10 bits per heavy atom. The molecule has 0 aromatic rings. The van der Waals surface area contributed by atoms with Crippen molar-refractivity contribution in [1.29, 1.82) is 0 Å². The monoisotopic (exact) mass is 283 g/mol. The first-order chi connectivity index (χ1) is 9.66.